The monoisotopic (exact) mass is 753 g/mol. The highest BCUT2D eigenvalue weighted by atomic mass is 16.3. The van der Waals surface area contributed by atoms with Gasteiger partial charge in [0.05, 0.1) is 16.9 Å². The first kappa shape index (κ1) is 34.3. The molecule has 0 aliphatic carbocycles. The first-order valence-electron chi connectivity index (χ1n) is 19.8. The van der Waals surface area contributed by atoms with Crippen molar-refractivity contribution in [1.29, 1.82) is 0 Å². The first-order valence-corrected chi connectivity index (χ1v) is 19.8. The zero-order valence-corrected chi connectivity index (χ0v) is 32.0. The fourth-order valence-electron chi connectivity index (χ4n) is 8.13. The Bertz CT molecular complexity index is 3170. The van der Waals surface area contributed by atoms with Crippen molar-refractivity contribution in [1.82, 2.24) is 15.0 Å². The summed E-state index contributed by atoms with van der Waals surface area (Å²) in [4.78, 5) is 15.7. The minimum Gasteiger partial charge on any atom is -0.454 e. The van der Waals surface area contributed by atoms with Gasteiger partial charge in [-0.3, -0.25) is 0 Å². The molecule has 0 amide bonds. The Labute approximate surface area is 341 Å². The summed E-state index contributed by atoms with van der Waals surface area (Å²) in [5.74, 6) is 0.664. The average Bonchev–Trinajstić information content (AvgIpc) is 3.72. The molecule has 0 radical (unpaired) electrons. The standard InChI is InChI=1S/C55H35N3O/c1-4-13-36(14-5-1)38-23-29-41(30-24-38)48-35-49(42-31-25-39(26-32-42)37-15-6-2-7-16-37)57-55(56-48)44-33-27-40(28-34-44)45-20-12-21-47-51-46-19-10-11-22-50(46)59-54(51)52(58-53(45)47)43-17-8-3-9-18-43/h1-35H. The summed E-state index contributed by atoms with van der Waals surface area (Å²) in [6.07, 6.45) is 0. The molecule has 0 aliphatic rings. The molecule has 0 fully saturated rings. The maximum atomic E-state index is 6.52. The summed E-state index contributed by atoms with van der Waals surface area (Å²) < 4.78 is 6.52. The van der Waals surface area contributed by atoms with Crippen molar-refractivity contribution in [2.24, 2.45) is 0 Å². The van der Waals surface area contributed by atoms with Crippen LogP contribution in [0.2, 0.25) is 0 Å². The molecule has 4 heteroatoms. The van der Waals surface area contributed by atoms with Gasteiger partial charge in [-0.05, 0) is 39.9 Å². The van der Waals surface area contributed by atoms with E-state index in [9.17, 15) is 0 Å². The number of hydrogen-bond acceptors (Lipinski definition) is 4. The Kier molecular flexibility index (Phi) is 8.45. The highest BCUT2D eigenvalue weighted by Crippen LogP contribution is 2.42. The molecular formula is C55H35N3O. The molecule has 11 rings (SSSR count). The van der Waals surface area contributed by atoms with E-state index in [1.165, 1.54) is 11.1 Å². The molecule has 3 heterocycles. The van der Waals surface area contributed by atoms with Gasteiger partial charge in [0.15, 0.2) is 11.4 Å². The third-order valence-electron chi connectivity index (χ3n) is 11.1. The number of nitrogens with zero attached hydrogens (tertiary/aromatic N) is 3. The van der Waals surface area contributed by atoms with Crippen LogP contribution in [0.15, 0.2) is 217 Å². The van der Waals surface area contributed by atoms with Crippen LogP contribution in [0.25, 0.3) is 111 Å². The van der Waals surface area contributed by atoms with Crippen LogP contribution in [0.1, 0.15) is 0 Å². The topological polar surface area (TPSA) is 51.8 Å². The van der Waals surface area contributed by atoms with Gasteiger partial charge in [0, 0.05) is 44.0 Å². The van der Waals surface area contributed by atoms with E-state index in [0.29, 0.717) is 5.82 Å². The van der Waals surface area contributed by atoms with Crippen molar-refractivity contribution in [3.8, 4) is 78.5 Å². The van der Waals surface area contributed by atoms with Crippen LogP contribution >= 0.6 is 0 Å². The van der Waals surface area contributed by atoms with E-state index in [2.05, 4.69) is 170 Å². The molecule has 11 aromatic rings. The minimum atomic E-state index is 0.664. The lowest BCUT2D eigenvalue weighted by Gasteiger charge is -2.12. The van der Waals surface area contributed by atoms with Gasteiger partial charge in [0.1, 0.15) is 11.3 Å². The lowest BCUT2D eigenvalue weighted by Crippen LogP contribution is -1.96. The summed E-state index contributed by atoms with van der Waals surface area (Å²) in [5, 5.41) is 3.22. The number of rotatable bonds is 7. The van der Waals surface area contributed by atoms with E-state index in [-0.39, 0.29) is 0 Å². The Balaban J connectivity index is 1.02. The number of pyridine rings is 1. The van der Waals surface area contributed by atoms with Gasteiger partial charge in [0.2, 0.25) is 0 Å². The average molecular weight is 754 g/mol. The van der Waals surface area contributed by atoms with Gasteiger partial charge in [-0.2, -0.15) is 0 Å². The van der Waals surface area contributed by atoms with Crippen LogP contribution < -0.4 is 0 Å². The fourth-order valence-corrected chi connectivity index (χ4v) is 8.13. The SMILES string of the molecule is c1ccc(-c2ccc(-c3cc(-c4ccc(-c5ccccc5)cc4)nc(-c4ccc(-c5cccc6c5nc(-c5ccccc5)c5oc7ccccc7c56)cc4)n3)cc2)cc1. The lowest BCUT2D eigenvalue weighted by atomic mass is 9.97. The smallest absolute Gasteiger partial charge is 0.162 e. The van der Waals surface area contributed by atoms with Crippen molar-refractivity contribution < 1.29 is 4.42 Å². The maximum absolute atomic E-state index is 6.52. The second kappa shape index (κ2) is 14.5. The number of benzene rings is 8. The highest BCUT2D eigenvalue weighted by Gasteiger charge is 2.20. The number of fused-ring (bicyclic) bond motifs is 5. The van der Waals surface area contributed by atoms with E-state index in [4.69, 9.17) is 19.4 Å². The molecule has 0 N–H and O–H groups in total. The van der Waals surface area contributed by atoms with Crippen molar-refractivity contribution in [2.75, 3.05) is 0 Å². The predicted molar refractivity (Wildman–Crippen MR) is 243 cm³/mol. The van der Waals surface area contributed by atoms with E-state index >= 15 is 0 Å². The second-order valence-corrected chi connectivity index (χ2v) is 14.8. The van der Waals surface area contributed by atoms with E-state index in [1.54, 1.807) is 0 Å². The van der Waals surface area contributed by atoms with E-state index in [0.717, 1.165) is 94.4 Å². The van der Waals surface area contributed by atoms with Crippen molar-refractivity contribution in [2.45, 2.75) is 0 Å². The van der Waals surface area contributed by atoms with Crippen LogP contribution in [-0.4, -0.2) is 15.0 Å². The summed E-state index contributed by atoms with van der Waals surface area (Å²) in [6, 6.07) is 73.8. The summed E-state index contributed by atoms with van der Waals surface area (Å²) >= 11 is 0. The summed E-state index contributed by atoms with van der Waals surface area (Å²) in [6.45, 7) is 0. The molecule has 0 saturated heterocycles. The zero-order valence-electron chi connectivity index (χ0n) is 32.0. The lowest BCUT2D eigenvalue weighted by molar-refractivity contribution is 0.669. The second-order valence-electron chi connectivity index (χ2n) is 14.8. The third kappa shape index (κ3) is 6.34. The van der Waals surface area contributed by atoms with Crippen LogP contribution in [0.4, 0.5) is 0 Å². The number of aromatic nitrogens is 3. The van der Waals surface area contributed by atoms with Gasteiger partial charge >= 0.3 is 0 Å². The molecule has 3 aromatic heterocycles. The molecule has 0 unspecified atom stereocenters. The van der Waals surface area contributed by atoms with Crippen LogP contribution in [0.3, 0.4) is 0 Å². The molecule has 0 bridgehead atoms. The molecule has 0 aliphatic heterocycles. The quantitative estimate of drug-likeness (QED) is 0.163. The zero-order chi connectivity index (χ0) is 39.1. The number of furan rings is 1. The molecule has 8 aromatic carbocycles. The van der Waals surface area contributed by atoms with Gasteiger partial charge in [0.25, 0.3) is 0 Å². The highest BCUT2D eigenvalue weighted by molar-refractivity contribution is 6.22. The first-order chi connectivity index (χ1) is 29.2. The Morgan fingerprint density at radius 2 is 0.780 bits per heavy atom. The number of para-hydroxylation sites is 2. The molecule has 0 saturated carbocycles. The van der Waals surface area contributed by atoms with Crippen molar-refractivity contribution in [3.63, 3.8) is 0 Å². The van der Waals surface area contributed by atoms with E-state index in [1.807, 2.05) is 42.5 Å². The number of hydrogen-bond donors (Lipinski definition) is 0. The van der Waals surface area contributed by atoms with Gasteiger partial charge in [-0.1, -0.05) is 200 Å². The van der Waals surface area contributed by atoms with Crippen molar-refractivity contribution >= 4 is 32.8 Å². The van der Waals surface area contributed by atoms with Crippen molar-refractivity contribution in [3.05, 3.63) is 212 Å². The Morgan fingerprint density at radius 3 is 1.37 bits per heavy atom. The minimum absolute atomic E-state index is 0.664. The molecular weight excluding hydrogens is 719 g/mol. The molecule has 276 valence electrons. The Morgan fingerprint density at radius 1 is 0.322 bits per heavy atom. The predicted octanol–water partition coefficient (Wildman–Crippen LogP) is 14.6. The van der Waals surface area contributed by atoms with Crippen LogP contribution in [0, 0.1) is 0 Å². The normalized spacial score (nSPS) is 11.4. The van der Waals surface area contributed by atoms with E-state index < -0.39 is 0 Å². The Hall–Kier alpha value is -7.95. The third-order valence-corrected chi connectivity index (χ3v) is 11.1. The van der Waals surface area contributed by atoms with Crippen LogP contribution in [0.5, 0.6) is 0 Å². The summed E-state index contributed by atoms with van der Waals surface area (Å²) in [5.41, 5.74) is 15.9. The van der Waals surface area contributed by atoms with Crippen LogP contribution in [-0.2, 0) is 0 Å². The molecule has 0 atom stereocenters. The molecule has 59 heavy (non-hydrogen) atoms. The van der Waals surface area contributed by atoms with Gasteiger partial charge in [-0.25, -0.2) is 15.0 Å². The fraction of sp³-hybridized carbons (Fsp3) is 0. The molecule has 4 nitrogen and oxygen atoms in total. The van der Waals surface area contributed by atoms with Gasteiger partial charge in [-0.15, -0.1) is 0 Å². The summed E-state index contributed by atoms with van der Waals surface area (Å²) in [7, 11) is 0. The van der Waals surface area contributed by atoms with Gasteiger partial charge < -0.3 is 4.42 Å². The maximum Gasteiger partial charge on any atom is 0.162 e. The largest absolute Gasteiger partial charge is 0.454 e. The molecule has 0 spiro atoms.